The average molecular weight is 499 g/mol. The summed E-state index contributed by atoms with van der Waals surface area (Å²) in [6.45, 7) is 7.13. The van der Waals surface area contributed by atoms with E-state index in [0.29, 0.717) is 50.4 Å². The Hall–Kier alpha value is -3.30. The predicted octanol–water partition coefficient (Wildman–Crippen LogP) is 3.58. The summed E-state index contributed by atoms with van der Waals surface area (Å²) >= 11 is 0. The molecule has 0 unspecified atom stereocenters. The van der Waals surface area contributed by atoms with Crippen LogP contribution in [0.15, 0.2) is 59.8 Å². The second kappa shape index (κ2) is 11.6. The van der Waals surface area contributed by atoms with Crippen molar-refractivity contribution >= 4 is 12.0 Å². The first-order valence-corrected chi connectivity index (χ1v) is 12.3. The first-order valence-electron chi connectivity index (χ1n) is 12.3. The third-order valence-electron chi connectivity index (χ3n) is 6.67. The predicted molar refractivity (Wildman–Crippen MR) is 132 cm³/mol. The highest BCUT2D eigenvalue weighted by molar-refractivity contribution is 5.94. The van der Waals surface area contributed by atoms with E-state index in [0.717, 1.165) is 11.1 Å². The molecule has 0 saturated carbocycles. The quantitative estimate of drug-likeness (QED) is 0.545. The molecule has 4 rings (SSSR count). The third-order valence-corrected chi connectivity index (χ3v) is 6.67. The fourth-order valence-corrected chi connectivity index (χ4v) is 4.89. The Labute approximate surface area is 210 Å². The van der Waals surface area contributed by atoms with Crippen LogP contribution in [0.2, 0.25) is 0 Å². The number of hydrogen-bond donors (Lipinski definition) is 2. The second-order valence-electron chi connectivity index (χ2n) is 8.99. The highest BCUT2D eigenvalue weighted by Crippen LogP contribution is 2.30. The van der Waals surface area contributed by atoms with Gasteiger partial charge in [0.25, 0.3) is 0 Å². The molecule has 2 aromatic carbocycles. The molecule has 1 saturated heterocycles. The van der Waals surface area contributed by atoms with Gasteiger partial charge in [0.1, 0.15) is 11.6 Å². The van der Waals surface area contributed by atoms with E-state index in [9.17, 15) is 18.4 Å². The van der Waals surface area contributed by atoms with Gasteiger partial charge in [-0.25, -0.2) is 18.4 Å². The Bertz CT molecular complexity index is 1050. The second-order valence-corrected chi connectivity index (χ2v) is 8.99. The SMILES string of the molecule is CCOC(=O)C1=C(CN2CCN(C(c3ccc(F)cc3)c3ccc(F)cc3)CC2)NC(=O)N[C@H]1CC. The van der Waals surface area contributed by atoms with Crippen LogP contribution in [-0.4, -0.2) is 67.2 Å². The number of piperazine rings is 1. The Morgan fingerprint density at radius 3 is 2.03 bits per heavy atom. The van der Waals surface area contributed by atoms with Crippen molar-refractivity contribution in [2.45, 2.75) is 32.4 Å². The highest BCUT2D eigenvalue weighted by atomic mass is 19.1. The maximum Gasteiger partial charge on any atom is 0.337 e. The Morgan fingerprint density at radius 1 is 0.972 bits per heavy atom. The molecule has 0 radical (unpaired) electrons. The normalized spacial score (nSPS) is 19.2. The number of urea groups is 1. The van der Waals surface area contributed by atoms with Crippen LogP contribution >= 0.6 is 0 Å². The smallest absolute Gasteiger partial charge is 0.337 e. The zero-order valence-corrected chi connectivity index (χ0v) is 20.6. The van der Waals surface area contributed by atoms with E-state index < -0.39 is 12.0 Å². The van der Waals surface area contributed by atoms with Crippen molar-refractivity contribution in [3.8, 4) is 0 Å². The standard InChI is InChI=1S/C27H32F2N4O3/c1-3-22-24(26(34)36-4-2)23(31-27(35)30-22)17-32-13-15-33(16-14-32)25(18-5-9-20(28)10-6-18)19-7-11-21(29)12-8-19/h5-12,22,25H,3-4,13-17H2,1-2H3,(H2,30,31,35)/t22-/m0/s1. The number of ether oxygens (including phenoxy) is 1. The van der Waals surface area contributed by atoms with Crippen LogP contribution in [0.1, 0.15) is 37.4 Å². The number of rotatable bonds is 8. The van der Waals surface area contributed by atoms with Crippen LogP contribution in [0.4, 0.5) is 13.6 Å². The minimum absolute atomic E-state index is 0.147. The number of amides is 2. The summed E-state index contributed by atoms with van der Waals surface area (Å²) in [5.41, 5.74) is 2.91. The van der Waals surface area contributed by atoms with Gasteiger partial charge in [-0.05, 0) is 48.7 Å². The summed E-state index contributed by atoms with van der Waals surface area (Å²) in [4.78, 5) is 29.4. The molecule has 0 spiro atoms. The third kappa shape index (κ3) is 5.91. The molecule has 7 nitrogen and oxygen atoms in total. The minimum Gasteiger partial charge on any atom is -0.463 e. The van der Waals surface area contributed by atoms with E-state index in [1.807, 2.05) is 6.92 Å². The van der Waals surface area contributed by atoms with Gasteiger partial charge < -0.3 is 15.4 Å². The summed E-state index contributed by atoms with van der Waals surface area (Å²) in [6.07, 6.45) is 0.579. The van der Waals surface area contributed by atoms with Crippen LogP contribution in [0, 0.1) is 11.6 Å². The van der Waals surface area contributed by atoms with Gasteiger partial charge in [-0.1, -0.05) is 31.2 Å². The maximum absolute atomic E-state index is 13.6. The maximum atomic E-state index is 13.6. The van der Waals surface area contributed by atoms with Gasteiger partial charge in [-0.3, -0.25) is 9.80 Å². The van der Waals surface area contributed by atoms with E-state index in [4.69, 9.17) is 4.74 Å². The summed E-state index contributed by atoms with van der Waals surface area (Å²) in [5, 5.41) is 5.62. The average Bonchev–Trinajstić information content (AvgIpc) is 2.87. The Morgan fingerprint density at radius 2 is 1.53 bits per heavy atom. The zero-order valence-electron chi connectivity index (χ0n) is 20.6. The molecule has 2 N–H and O–H groups in total. The molecular weight excluding hydrogens is 466 g/mol. The molecule has 192 valence electrons. The number of carbonyl (C=O) groups excluding carboxylic acids is 2. The lowest BCUT2D eigenvalue weighted by molar-refractivity contribution is -0.139. The zero-order chi connectivity index (χ0) is 25.7. The molecule has 1 atom stereocenters. The molecular formula is C27H32F2N4O3. The lowest BCUT2D eigenvalue weighted by atomic mass is 9.96. The van der Waals surface area contributed by atoms with E-state index >= 15 is 0 Å². The molecule has 0 aromatic heterocycles. The number of hydrogen-bond acceptors (Lipinski definition) is 5. The topological polar surface area (TPSA) is 73.9 Å². The molecule has 0 bridgehead atoms. The number of nitrogens with one attached hydrogen (secondary N) is 2. The van der Waals surface area contributed by atoms with Crippen molar-refractivity contribution < 1.29 is 23.1 Å². The minimum atomic E-state index is -0.418. The number of halogens is 2. The van der Waals surface area contributed by atoms with E-state index in [1.165, 1.54) is 24.3 Å². The van der Waals surface area contributed by atoms with Gasteiger partial charge in [-0.2, -0.15) is 0 Å². The summed E-state index contributed by atoms with van der Waals surface area (Å²) in [6, 6.07) is 12.0. The molecule has 0 aliphatic carbocycles. The van der Waals surface area contributed by atoms with E-state index in [2.05, 4.69) is 20.4 Å². The van der Waals surface area contributed by atoms with Gasteiger partial charge in [0.2, 0.25) is 0 Å². The fraction of sp³-hybridized carbons (Fsp3) is 0.407. The lowest BCUT2D eigenvalue weighted by Gasteiger charge is -2.40. The summed E-state index contributed by atoms with van der Waals surface area (Å²) in [7, 11) is 0. The van der Waals surface area contributed by atoms with Crippen LogP contribution < -0.4 is 10.6 Å². The van der Waals surface area contributed by atoms with Gasteiger partial charge in [0.05, 0.1) is 24.3 Å². The largest absolute Gasteiger partial charge is 0.463 e. The summed E-state index contributed by atoms with van der Waals surface area (Å²) < 4.78 is 32.5. The van der Waals surface area contributed by atoms with Crippen molar-refractivity contribution in [1.29, 1.82) is 0 Å². The highest BCUT2D eigenvalue weighted by Gasteiger charge is 2.33. The van der Waals surface area contributed by atoms with Crippen LogP contribution in [0.3, 0.4) is 0 Å². The monoisotopic (exact) mass is 498 g/mol. The molecule has 2 aromatic rings. The molecule has 2 heterocycles. The van der Waals surface area contributed by atoms with Gasteiger partial charge >= 0.3 is 12.0 Å². The number of benzene rings is 2. The van der Waals surface area contributed by atoms with E-state index in [-0.39, 0.29) is 30.3 Å². The van der Waals surface area contributed by atoms with Crippen LogP contribution in [0.25, 0.3) is 0 Å². The Balaban J connectivity index is 1.52. The fourth-order valence-electron chi connectivity index (χ4n) is 4.89. The van der Waals surface area contributed by atoms with Crippen molar-refractivity contribution in [2.75, 3.05) is 39.3 Å². The van der Waals surface area contributed by atoms with Crippen molar-refractivity contribution in [3.63, 3.8) is 0 Å². The van der Waals surface area contributed by atoms with Crippen molar-refractivity contribution in [3.05, 3.63) is 82.6 Å². The molecule has 9 heteroatoms. The first kappa shape index (κ1) is 25.8. The van der Waals surface area contributed by atoms with Crippen molar-refractivity contribution in [2.24, 2.45) is 0 Å². The summed E-state index contributed by atoms with van der Waals surface area (Å²) in [5.74, 6) is -1.03. The van der Waals surface area contributed by atoms with E-state index in [1.54, 1.807) is 31.2 Å². The van der Waals surface area contributed by atoms with Crippen LogP contribution in [0.5, 0.6) is 0 Å². The van der Waals surface area contributed by atoms with Gasteiger partial charge in [0.15, 0.2) is 0 Å². The lowest BCUT2D eigenvalue weighted by Crippen LogP contribution is -2.54. The van der Waals surface area contributed by atoms with Crippen molar-refractivity contribution in [1.82, 2.24) is 20.4 Å². The molecule has 2 aliphatic heterocycles. The molecule has 1 fully saturated rings. The van der Waals surface area contributed by atoms with Gasteiger partial charge in [0, 0.05) is 38.4 Å². The number of nitrogens with zero attached hydrogens (tertiary/aromatic N) is 2. The first-order chi connectivity index (χ1) is 17.4. The molecule has 2 aliphatic rings. The molecule has 2 amide bonds. The van der Waals surface area contributed by atoms with Crippen LogP contribution in [-0.2, 0) is 9.53 Å². The number of esters is 1. The molecule has 36 heavy (non-hydrogen) atoms. The Kier molecular flexibility index (Phi) is 8.32. The number of carbonyl (C=O) groups is 2. The van der Waals surface area contributed by atoms with Gasteiger partial charge in [-0.15, -0.1) is 0 Å².